The second kappa shape index (κ2) is 6.39. The van der Waals surface area contributed by atoms with E-state index in [2.05, 4.69) is 10.6 Å². The van der Waals surface area contributed by atoms with Crippen molar-refractivity contribution in [3.05, 3.63) is 65.2 Å². The molecule has 2 N–H and O–H groups in total. The van der Waals surface area contributed by atoms with Crippen LogP contribution in [0.4, 0.5) is 10.5 Å². The first-order valence-corrected chi connectivity index (χ1v) is 6.28. The van der Waals surface area contributed by atoms with Crippen molar-refractivity contribution in [3.63, 3.8) is 0 Å². The number of hydrogen-bond donors (Lipinski definition) is 2. The van der Waals surface area contributed by atoms with Crippen LogP contribution in [-0.4, -0.2) is 6.03 Å². The zero-order chi connectivity index (χ0) is 14.4. The van der Waals surface area contributed by atoms with Crippen LogP contribution in [0, 0.1) is 18.3 Å². The standard InChI is InChI=1S/C16H15N3O/c1-12-4-2-3-5-14(12)11-18-16(20)19-15-8-6-13(10-17)7-9-15/h2-9H,11H2,1H3,(H2,18,19,20). The van der Waals surface area contributed by atoms with Gasteiger partial charge in [-0.05, 0) is 42.3 Å². The Hall–Kier alpha value is -2.80. The molecule has 0 aliphatic rings. The molecule has 0 atom stereocenters. The van der Waals surface area contributed by atoms with Crippen molar-refractivity contribution in [2.24, 2.45) is 0 Å². The maximum Gasteiger partial charge on any atom is 0.319 e. The van der Waals surface area contributed by atoms with Crippen LogP contribution in [0.1, 0.15) is 16.7 Å². The van der Waals surface area contributed by atoms with E-state index in [0.717, 1.165) is 11.1 Å². The van der Waals surface area contributed by atoms with E-state index in [1.807, 2.05) is 37.3 Å². The molecule has 100 valence electrons. The van der Waals surface area contributed by atoms with Gasteiger partial charge in [-0.25, -0.2) is 4.79 Å². The predicted molar refractivity (Wildman–Crippen MR) is 78.2 cm³/mol. The van der Waals surface area contributed by atoms with E-state index in [1.165, 1.54) is 0 Å². The maximum atomic E-state index is 11.8. The molecule has 4 heteroatoms. The van der Waals surface area contributed by atoms with Crippen LogP contribution in [0.15, 0.2) is 48.5 Å². The fourth-order valence-electron chi connectivity index (χ4n) is 1.79. The van der Waals surface area contributed by atoms with Gasteiger partial charge in [0.1, 0.15) is 0 Å². The number of benzene rings is 2. The minimum absolute atomic E-state index is 0.266. The molecule has 0 aliphatic heterocycles. The van der Waals surface area contributed by atoms with Crippen molar-refractivity contribution in [1.82, 2.24) is 5.32 Å². The molecule has 2 rings (SSSR count). The third-order valence-electron chi connectivity index (χ3n) is 2.97. The van der Waals surface area contributed by atoms with Gasteiger partial charge in [-0.3, -0.25) is 0 Å². The van der Waals surface area contributed by atoms with Crippen LogP contribution in [-0.2, 0) is 6.54 Å². The fourth-order valence-corrected chi connectivity index (χ4v) is 1.79. The smallest absolute Gasteiger partial charge is 0.319 e. The van der Waals surface area contributed by atoms with Crippen LogP contribution in [0.3, 0.4) is 0 Å². The van der Waals surface area contributed by atoms with Gasteiger partial charge in [-0.2, -0.15) is 5.26 Å². The lowest BCUT2D eigenvalue weighted by Crippen LogP contribution is -2.28. The average Bonchev–Trinajstić information content (AvgIpc) is 2.47. The van der Waals surface area contributed by atoms with E-state index in [0.29, 0.717) is 17.8 Å². The van der Waals surface area contributed by atoms with Crippen LogP contribution in [0.5, 0.6) is 0 Å². The predicted octanol–water partition coefficient (Wildman–Crippen LogP) is 3.19. The Morgan fingerprint density at radius 3 is 2.50 bits per heavy atom. The molecule has 2 aromatic rings. The van der Waals surface area contributed by atoms with Crippen molar-refractivity contribution < 1.29 is 4.79 Å². The number of nitrogens with zero attached hydrogens (tertiary/aromatic N) is 1. The summed E-state index contributed by atoms with van der Waals surface area (Å²) < 4.78 is 0. The molecular formula is C16H15N3O. The summed E-state index contributed by atoms with van der Waals surface area (Å²) in [5.41, 5.74) is 3.45. The van der Waals surface area contributed by atoms with Crippen molar-refractivity contribution in [2.75, 3.05) is 5.32 Å². The molecule has 0 aromatic heterocycles. The van der Waals surface area contributed by atoms with Crippen LogP contribution >= 0.6 is 0 Å². The molecule has 0 aliphatic carbocycles. The molecule has 4 nitrogen and oxygen atoms in total. The van der Waals surface area contributed by atoms with Gasteiger partial charge in [0.25, 0.3) is 0 Å². The average molecular weight is 265 g/mol. The molecule has 0 saturated heterocycles. The number of nitrogens with one attached hydrogen (secondary N) is 2. The monoisotopic (exact) mass is 265 g/mol. The van der Waals surface area contributed by atoms with E-state index in [1.54, 1.807) is 24.3 Å². The maximum absolute atomic E-state index is 11.8. The Balaban J connectivity index is 1.89. The highest BCUT2D eigenvalue weighted by Crippen LogP contribution is 2.09. The number of nitriles is 1. The number of aryl methyl sites for hydroxylation is 1. The molecule has 0 bridgehead atoms. The minimum Gasteiger partial charge on any atom is -0.334 e. The molecule has 0 saturated carbocycles. The number of rotatable bonds is 3. The van der Waals surface area contributed by atoms with Gasteiger partial charge in [0.05, 0.1) is 11.6 Å². The number of amides is 2. The molecule has 0 fully saturated rings. The largest absolute Gasteiger partial charge is 0.334 e. The summed E-state index contributed by atoms with van der Waals surface area (Å²) in [5, 5.41) is 14.2. The topological polar surface area (TPSA) is 64.9 Å². The highest BCUT2D eigenvalue weighted by atomic mass is 16.2. The molecule has 2 amide bonds. The van der Waals surface area contributed by atoms with Gasteiger partial charge in [-0.15, -0.1) is 0 Å². The summed E-state index contributed by atoms with van der Waals surface area (Å²) in [6.07, 6.45) is 0. The van der Waals surface area contributed by atoms with Crippen molar-refractivity contribution >= 4 is 11.7 Å². The van der Waals surface area contributed by atoms with Gasteiger partial charge < -0.3 is 10.6 Å². The number of carbonyl (C=O) groups excluding carboxylic acids is 1. The SMILES string of the molecule is Cc1ccccc1CNC(=O)Nc1ccc(C#N)cc1. The first kappa shape index (κ1) is 13.6. The Kier molecular flexibility index (Phi) is 4.35. The van der Waals surface area contributed by atoms with Gasteiger partial charge in [0.15, 0.2) is 0 Å². The zero-order valence-electron chi connectivity index (χ0n) is 11.2. The lowest BCUT2D eigenvalue weighted by atomic mass is 10.1. The van der Waals surface area contributed by atoms with Crippen molar-refractivity contribution in [3.8, 4) is 6.07 Å². The first-order valence-electron chi connectivity index (χ1n) is 6.28. The lowest BCUT2D eigenvalue weighted by molar-refractivity contribution is 0.251. The molecule has 0 unspecified atom stereocenters. The first-order chi connectivity index (χ1) is 9.69. The fraction of sp³-hybridized carbons (Fsp3) is 0.125. The normalized spacial score (nSPS) is 9.60. The quantitative estimate of drug-likeness (QED) is 0.895. The van der Waals surface area contributed by atoms with Gasteiger partial charge in [-0.1, -0.05) is 24.3 Å². The molecule has 2 aromatic carbocycles. The second-order valence-electron chi connectivity index (χ2n) is 4.42. The number of hydrogen-bond acceptors (Lipinski definition) is 2. The summed E-state index contributed by atoms with van der Waals surface area (Å²) in [6.45, 7) is 2.49. The molecule has 0 radical (unpaired) electrons. The van der Waals surface area contributed by atoms with E-state index < -0.39 is 0 Å². The highest BCUT2D eigenvalue weighted by molar-refractivity contribution is 5.89. The molecule has 0 spiro atoms. The molecule has 20 heavy (non-hydrogen) atoms. The summed E-state index contributed by atoms with van der Waals surface area (Å²) in [4.78, 5) is 11.8. The van der Waals surface area contributed by atoms with Gasteiger partial charge >= 0.3 is 6.03 Å². The third-order valence-corrected chi connectivity index (χ3v) is 2.97. The van der Waals surface area contributed by atoms with Crippen molar-refractivity contribution in [2.45, 2.75) is 13.5 Å². The minimum atomic E-state index is -0.266. The Morgan fingerprint density at radius 1 is 1.15 bits per heavy atom. The lowest BCUT2D eigenvalue weighted by Gasteiger charge is -2.09. The summed E-state index contributed by atoms with van der Waals surface area (Å²) >= 11 is 0. The van der Waals surface area contributed by atoms with E-state index in [9.17, 15) is 4.79 Å². The Labute approximate surface area is 118 Å². The highest BCUT2D eigenvalue weighted by Gasteiger charge is 2.03. The molecular weight excluding hydrogens is 250 g/mol. The van der Waals surface area contributed by atoms with Crippen molar-refractivity contribution in [1.29, 1.82) is 5.26 Å². The summed E-state index contributed by atoms with van der Waals surface area (Å²) in [7, 11) is 0. The van der Waals surface area contributed by atoms with Gasteiger partial charge in [0, 0.05) is 12.2 Å². The van der Waals surface area contributed by atoms with Crippen LogP contribution < -0.4 is 10.6 Å². The number of carbonyl (C=O) groups is 1. The van der Waals surface area contributed by atoms with E-state index in [-0.39, 0.29) is 6.03 Å². The van der Waals surface area contributed by atoms with E-state index >= 15 is 0 Å². The van der Waals surface area contributed by atoms with Gasteiger partial charge in [0.2, 0.25) is 0 Å². The number of urea groups is 1. The summed E-state index contributed by atoms with van der Waals surface area (Å²) in [5.74, 6) is 0. The van der Waals surface area contributed by atoms with Crippen LogP contribution in [0.2, 0.25) is 0 Å². The third kappa shape index (κ3) is 3.59. The zero-order valence-corrected chi connectivity index (χ0v) is 11.2. The number of anilines is 1. The second-order valence-corrected chi connectivity index (χ2v) is 4.42. The van der Waals surface area contributed by atoms with Crippen LogP contribution in [0.25, 0.3) is 0 Å². The Morgan fingerprint density at radius 2 is 1.85 bits per heavy atom. The Bertz CT molecular complexity index is 642. The molecule has 0 heterocycles. The van der Waals surface area contributed by atoms with E-state index in [4.69, 9.17) is 5.26 Å². The summed E-state index contributed by atoms with van der Waals surface area (Å²) in [6, 6.07) is 16.4.